The quantitative estimate of drug-likeness (QED) is 0.240. The van der Waals surface area contributed by atoms with Crippen molar-refractivity contribution < 1.29 is 9.59 Å². The summed E-state index contributed by atoms with van der Waals surface area (Å²) in [5, 5.41) is 3.34. The molecule has 0 fully saturated rings. The number of carbonyl (C=O) groups excluding carboxylic acids is 2. The molecular formula is C9H7N3O2. The van der Waals surface area contributed by atoms with E-state index in [0.29, 0.717) is 11.3 Å². The summed E-state index contributed by atoms with van der Waals surface area (Å²) in [6, 6.07) is 5.87. The summed E-state index contributed by atoms with van der Waals surface area (Å²) in [7, 11) is 0. The van der Waals surface area contributed by atoms with Crippen LogP contribution in [0.1, 0.15) is 17.3 Å². The van der Waals surface area contributed by atoms with E-state index >= 15 is 0 Å². The molecule has 0 bridgehead atoms. The molecule has 14 heavy (non-hydrogen) atoms. The van der Waals surface area contributed by atoms with Crippen molar-refractivity contribution in [1.82, 2.24) is 0 Å². The van der Waals surface area contributed by atoms with Crippen molar-refractivity contribution in [3.63, 3.8) is 0 Å². The van der Waals surface area contributed by atoms with E-state index in [9.17, 15) is 9.59 Å². The maximum absolute atomic E-state index is 11.2. The fourth-order valence-corrected chi connectivity index (χ4v) is 0.934. The molecule has 5 heteroatoms. The number of ketones is 2. The van der Waals surface area contributed by atoms with Gasteiger partial charge in [-0.15, -0.1) is 0 Å². The Morgan fingerprint density at radius 2 is 1.86 bits per heavy atom. The fraction of sp³-hybridized carbons (Fsp3) is 0.111. The molecule has 0 aliphatic carbocycles. The Kier molecular flexibility index (Phi) is 2.99. The molecule has 0 aliphatic rings. The van der Waals surface area contributed by atoms with Crippen LogP contribution in [0.3, 0.4) is 0 Å². The molecule has 0 unspecified atom stereocenters. The van der Waals surface area contributed by atoms with Crippen molar-refractivity contribution in [1.29, 1.82) is 0 Å². The summed E-state index contributed by atoms with van der Waals surface area (Å²) in [4.78, 5) is 24.5. The van der Waals surface area contributed by atoms with E-state index in [1.165, 1.54) is 31.2 Å². The summed E-state index contributed by atoms with van der Waals surface area (Å²) in [5.74, 6) is -1.06. The van der Waals surface area contributed by atoms with Crippen molar-refractivity contribution >= 4 is 17.3 Å². The highest BCUT2D eigenvalue weighted by Crippen LogP contribution is 2.13. The zero-order valence-electron chi connectivity index (χ0n) is 7.47. The van der Waals surface area contributed by atoms with Crippen LogP contribution in [-0.4, -0.2) is 11.6 Å². The normalized spacial score (nSPS) is 8.93. The first-order valence-corrected chi connectivity index (χ1v) is 3.85. The molecule has 1 aromatic carbocycles. The minimum atomic E-state index is -0.544. The molecule has 0 heterocycles. The van der Waals surface area contributed by atoms with Crippen LogP contribution in [0.25, 0.3) is 10.4 Å². The molecule has 0 atom stereocenters. The molecular weight excluding hydrogens is 182 g/mol. The van der Waals surface area contributed by atoms with Gasteiger partial charge in [0.05, 0.1) is 0 Å². The van der Waals surface area contributed by atoms with Gasteiger partial charge >= 0.3 is 0 Å². The average molecular weight is 189 g/mol. The van der Waals surface area contributed by atoms with Gasteiger partial charge in [-0.1, -0.05) is 29.4 Å². The SMILES string of the molecule is CC(=O)C(=O)c1ccc(N=[N+]=[N-])cc1. The summed E-state index contributed by atoms with van der Waals surface area (Å²) >= 11 is 0. The summed E-state index contributed by atoms with van der Waals surface area (Å²) in [6.45, 7) is 1.21. The second-order valence-electron chi connectivity index (χ2n) is 2.62. The van der Waals surface area contributed by atoms with Crippen molar-refractivity contribution in [2.24, 2.45) is 5.11 Å². The summed E-state index contributed by atoms with van der Waals surface area (Å²) < 4.78 is 0. The monoisotopic (exact) mass is 189 g/mol. The van der Waals surface area contributed by atoms with Crippen LogP contribution in [0.4, 0.5) is 5.69 Å². The molecule has 1 aromatic rings. The molecule has 5 nitrogen and oxygen atoms in total. The topological polar surface area (TPSA) is 82.9 Å². The lowest BCUT2D eigenvalue weighted by molar-refractivity contribution is -0.113. The van der Waals surface area contributed by atoms with Gasteiger partial charge in [0, 0.05) is 23.1 Å². The van der Waals surface area contributed by atoms with Gasteiger partial charge in [0.1, 0.15) is 0 Å². The van der Waals surface area contributed by atoms with Gasteiger partial charge in [-0.05, 0) is 5.53 Å². The molecule has 0 aliphatic heterocycles. The number of nitrogens with zero attached hydrogens (tertiary/aromatic N) is 3. The number of hydrogen-bond acceptors (Lipinski definition) is 3. The van der Waals surface area contributed by atoms with Crippen LogP contribution in [0, 0.1) is 0 Å². The van der Waals surface area contributed by atoms with E-state index in [4.69, 9.17) is 5.53 Å². The Morgan fingerprint density at radius 1 is 1.29 bits per heavy atom. The Morgan fingerprint density at radius 3 is 2.29 bits per heavy atom. The van der Waals surface area contributed by atoms with Gasteiger partial charge in [0.25, 0.3) is 0 Å². The number of Topliss-reactive ketones (excluding diaryl/α,β-unsaturated/α-hetero) is 2. The lowest BCUT2D eigenvalue weighted by atomic mass is 10.1. The van der Waals surface area contributed by atoms with Crippen LogP contribution in [0.5, 0.6) is 0 Å². The number of rotatable bonds is 3. The van der Waals surface area contributed by atoms with Crippen molar-refractivity contribution in [3.05, 3.63) is 40.3 Å². The van der Waals surface area contributed by atoms with E-state index < -0.39 is 11.6 Å². The van der Waals surface area contributed by atoms with Gasteiger partial charge in [-0.2, -0.15) is 0 Å². The molecule has 0 N–H and O–H groups in total. The summed E-state index contributed by atoms with van der Waals surface area (Å²) in [5.41, 5.74) is 8.83. The molecule has 70 valence electrons. The van der Waals surface area contributed by atoms with Gasteiger partial charge < -0.3 is 0 Å². The van der Waals surface area contributed by atoms with Gasteiger partial charge in [-0.25, -0.2) is 0 Å². The Balaban J connectivity index is 2.99. The highest BCUT2D eigenvalue weighted by Gasteiger charge is 2.09. The molecule has 0 aromatic heterocycles. The third-order valence-corrected chi connectivity index (χ3v) is 1.61. The first-order valence-electron chi connectivity index (χ1n) is 3.85. The highest BCUT2D eigenvalue weighted by molar-refractivity contribution is 6.42. The van der Waals surface area contributed by atoms with Gasteiger partial charge in [0.15, 0.2) is 5.78 Å². The first kappa shape index (κ1) is 9.95. The second kappa shape index (κ2) is 4.20. The maximum atomic E-state index is 11.2. The third-order valence-electron chi connectivity index (χ3n) is 1.61. The van der Waals surface area contributed by atoms with Crippen molar-refractivity contribution in [3.8, 4) is 0 Å². The van der Waals surface area contributed by atoms with Crippen LogP contribution < -0.4 is 0 Å². The number of azide groups is 1. The van der Waals surface area contributed by atoms with Crippen LogP contribution in [0.15, 0.2) is 29.4 Å². The predicted octanol–water partition coefficient (Wildman–Crippen LogP) is 2.40. The van der Waals surface area contributed by atoms with E-state index in [0.717, 1.165) is 0 Å². The third kappa shape index (κ3) is 2.18. The fourth-order valence-electron chi connectivity index (χ4n) is 0.934. The molecule has 0 spiro atoms. The smallest absolute Gasteiger partial charge is 0.228 e. The maximum Gasteiger partial charge on any atom is 0.228 e. The minimum absolute atomic E-state index is 0.300. The largest absolute Gasteiger partial charge is 0.291 e. The van der Waals surface area contributed by atoms with Crippen molar-refractivity contribution in [2.75, 3.05) is 0 Å². The lowest BCUT2D eigenvalue weighted by Gasteiger charge is -1.96. The minimum Gasteiger partial charge on any atom is -0.291 e. The summed E-state index contributed by atoms with van der Waals surface area (Å²) in [6.07, 6.45) is 0. The van der Waals surface area contributed by atoms with Gasteiger partial charge in [0.2, 0.25) is 5.78 Å². The first-order chi connectivity index (χ1) is 6.65. The Labute approximate surface area is 80.0 Å². The van der Waals surface area contributed by atoms with Crippen LogP contribution >= 0.6 is 0 Å². The van der Waals surface area contributed by atoms with Gasteiger partial charge in [-0.3, -0.25) is 9.59 Å². The van der Waals surface area contributed by atoms with Crippen LogP contribution in [0.2, 0.25) is 0 Å². The molecule has 0 amide bonds. The van der Waals surface area contributed by atoms with Crippen molar-refractivity contribution in [2.45, 2.75) is 6.92 Å². The number of carbonyl (C=O) groups is 2. The molecule has 0 saturated carbocycles. The van der Waals surface area contributed by atoms with E-state index in [-0.39, 0.29) is 0 Å². The predicted molar refractivity (Wildman–Crippen MR) is 50.3 cm³/mol. The van der Waals surface area contributed by atoms with E-state index in [1.807, 2.05) is 0 Å². The lowest BCUT2D eigenvalue weighted by Crippen LogP contribution is -2.08. The number of benzene rings is 1. The zero-order chi connectivity index (χ0) is 10.6. The molecule has 1 rings (SSSR count). The number of hydrogen-bond donors (Lipinski definition) is 0. The average Bonchev–Trinajstić information content (AvgIpc) is 2.18. The molecule has 0 saturated heterocycles. The highest BCUT2D eigenvalue weighted by atomic mass is 16.2. The van der Waals surface area contributed by atoms with E-state index in [1.54, 1.807) is 0 Å². The van der Waals surface area contributed by atoms with E-state index in [2.05, 4.69) is 10.0 Å². The van der Waals surface area contributed by atoms with Crippen LogP contribution in [-0.2, 0) is 4.79 Å². The standard InChI is InChI=1S/C9H7N3O2/c1-6(13)9(14)7-2-4-8(5-3-7)11-12-10/h2-5H,1H3. The molecule has 0 radical (unpaired) electrons. The second-order valence-corrected chi connectivity index (χ2v) is 2.62. The Bertz CT molecular complexity index is 416. The zero-order valence-corrected chi connectivity index (χ0v) is 7.47. The Hall–Kier alpha value is -2.13.